The van der Waals surface area contributed by atoms with Gasteiger partial charge in [0.2, 0.25) is 0 Å². The molecule has 0 aromatic heterocycles. The number of hydrogen-bond acceptors (Lipinski definition) is 3. The highest BCUT2D eigenvalue weighted by Gasteiger charge is 2.32. The summed E-state index contributed by atoms with van der Waals surface area (Å²) in [5, 5.41) is 0. The molecule has 1 fully saturated rings. The van der Waals surface area contributed by atoms with E-state index in [1.807, 2.05) is 6.92 Å². The van der Waals surface area contributed by atoms with Crippen LogP contribution in [0.3, 0.4) is 0 Å². The number of rotatable bonds is 2. The van der Waals surface area contributed by atoms with Crippen molar-refractivity contribution in [1.29, 1.82) is 0 Å². The number of ketones is 1. The maximum atomic E-state index is 11.3. The number of ether oxygens (including phenoxy) is 1. The molecule has 0 aromatic carbocycles. The van der Waals surface area contributed by atoms with Crippen LogP contribution in [0.15, 0.2) is 0 Å². The Bertz CT molecular complexity index is 198. The number of esters is 1. The molecule has 68 valence electrons. The molecule has 1 rings (SSSR count). The van der Waals surface area contributed by atoms with Crippen molar-refractivity contribution in [2.24, 2.45) is 11.8 Å². The zero-order chi connectivity index (χ0) is 9.14. The van der Waals surface area contributed by atoms with Crippen LogP contribution >= 0.6 is 0 Å². The number of Topliss-reactive ketones (excluding diaryl/α,β-unsaturated/α-hetero) is 1. The summed E-state index contributed by atoms with van der Waals surface area (Å²) in [7, 11) is 1.35. The van der Waals surface area contributed by atoms with Crippen LogP contribution in [0.2, 0.25) is 0 Å². The largest absolute Gasteiger partial charge is 0.469 e. The summed E-state index contributed by atoms with van der Waals surface area (Å²) < 4.78 is 4.50. The first-order valence-electron chi connectivity index (χ1n) is 4.25. The highest BCUT2D eigenvalue weighted by atomic mass is 16.5. The van der Waals surface area contributed by atoms with Crippen molar-refractivity contribution in [3.8, 4) is 0 Å². The Labute approximate surface area is 72.1 Å². The van der Waals surface area contributed by atoms with Gasteiger partial charge in [0, 0.05) is 11.8 Å². The maximum absolute atomic E-state index is 11.3. The average Bonchev–Trinajstić information content (AvgIpc) is 2.36. The minimum Gasteiger partial charge on any atom is -0.469 e. The van der Waals surface area contributed by atoms with Crippen molar-refractivity contribution in [3.05, 3.63) is 0 Å². The van der Waals surface area contributed by atoms with E-state index in [0.717, 1.165) is 12.8 Å². The van der Waals surface area contributed by atoms with Crippen LogP contribution in [-0.2, 0) is 14.3 Å². The van der Waals surface area contributed by atoms with Crippen molar-refractivity contribution in [1.82, 2.24) is 0 Å². The summed E-state index contributed by atoms with van der Waals surface area (Å²) in [6, 6.07) is 0. The molecule has 0 amide bonds. The van der Waals surface area contributed by atoms with Crippen molar-refractivity contribution in [3.63, 3.8) is 0 Å². The molecule has 0 aliphatic heterocycles. The zero-order valence-electron chi connectivity index (χ0n) is 7.50. The second-order valence-electron chi connectivity index (χ2n) is 3.36. The summed E-state index contributed by atoms with van der Waals surface area (Å²) >= 11 is 0. The number of carbonyl (C=O) groups excluding carboxylic acids is 2. The molecule has 0 bridgehead atoms. The second kappa shape index (κ2) is 3.70. The minimum absolute atomic E-state index is 0.0764. The minimum atomic E-state index is -0.276. The van der Waals surface area contributed by atoms with Gasteiger partial charge in [-0.05, 0) is 12.8 Å². The van der Waals surface area contributed by atoms with E-state index >= 15 is 0 Å². The van der Waals surface area contributed by atoms with Gasteiger partial charge in [-0.3, -0.25) is 9.59 Å². The molecule has 0 heterocycles. The Kier molecular flexibility index (Phi) is 2.84. The predicted molar refractivity (Wildman–Crippen MR) is 43.5 cm³/mol. The molecule has 1 aliphatic carbocycles. The highest BCUT2D eigenvalue weighted by molar-refractivity contribution is 5.88. The number of carbonyl (C=O) groups is 2. The Morgan fingerprint density at radius 1 is 1.58 bits per heavy atom. The Hall–Kier alpha value is -0.860. The predicted octanol–water partition coefficient (Wildman–Crippen LogP) is 1.16. The van der Waals surface area contributed by atoms with Crippen LogP contribution in [0.1, 0.15) is 26.2 Å². The first kappa shape index (κ1) is 9.23. The van der Waals surface area contributed by atoms with Gasteiger partial charge in [-0.15, -0.1) is 0 Å². The standard InChI is InChI=1S/C9H14O3/c1-6-3-4-7(9(6)11)5-8(10)12-2/h6-7H,3-5H2,1-2H3. The lowest BCUT2D eigenvalue weighted by molar-refractivity contribution is -0.143. The van der Waals surface area contributed by atoms with Crippen LogP contribution in [0.5, 0.6) is 0 Å². The molecule has 3 nitrogen and oxygen atoms in total. The van der Waals surface area contributed by atoms with E-state index in [-0.39, 0.29) is 30.0 Å². The SMILES string of the molecule is COC(=O)CC1CCC(C)C1=O. The average molecular weight is 170 g/mol. The molecule has 2 atom stereocenters. The first-order chi connectivity index (χ1) is 5.65. The summed E-state index contributed by atoms with van der Waals surface area (Å²) in [6.45, 7) is 1.92. The van der Waals surface area contributed by atoms with E-state index in [9.17, 15) is 9.59 Å². The summed E-state index contributed by atoms with van der Waals surface area (Å²) in [4.78, 5) is 22.2. The van der Waals surface area contributed by atoms with Gasteiger partial charge in [0.15, 0.2) is 0 Å². The van der Waals surface area contributed by atoms with E-state index in [1.165, 1.54) is 7.11 Å². The smallest absolute Gasteiger partial charge is 0.306 e. The van der Waals surface area contributed by atoms with Crippen LogP contribution in [-0.4, -0.2) is 18.9 Å². The third-order valence-corrected chi connectivity index (χ3v) is 2.48. The molecule has 0 radical (unpaired) electrons. The van der Waals surface area contributed by atoms with Crippen LogP contribution < -0.4 is 0 Å². The summed E-state index contributed by atoms with van der Waals surface area (Å²) in [6.07, 6.45) is 2.02. The van der Waals surface area contributed by atoms with Gasteiger partial charge in [-0.2, -0.15) is 0 Å². The fraction of sp³-hybridized carbons (Fsp3) is 0.778. The normalized spacial score (nSPS) is 29.0. The molecule has 3 heteroatoms. The molecule has 1 aliphatic rings. The van der Waals surface area contributed by atoms with Gasteiger partial charge in [0.25, 0.3) is 0 Å². The second-order valence-corrected chi connectivity index (χ2v) is 3.36. The molecule has 0 saturated heterocycles. The maximum Gasteiger partial charge on any atom is 0.306 e. The fourth-order valence-electron chi connectivity index (χ4n) is 1.63. The molecule has 0 N–H and O–H groups in total. The van der Waals surface area contributed by atoms with Crippen LogP contribution in [0.4, 0.5) is 0 Å². The van der Waals surface area contributed by atoms with Crippen molar-refractivity contribution in [2.75, 3.05) is 7.11 Å². The van der Waals surface area contributed by atoms with Crippen LogP contribution in [0.25, 0.3) is 0 Å². The monoisotopic (exact) mass is 170 g/mol. The third kappa shape index (κ3) is 1.84. The quantitative estimate of drug-likeness (QED) is 0.584. The van der Waals surface area contributed by atoms with Gasteiger partial charge in [-0.25, -0.2) is 0 Å². The lowest BCUT2D eigenvalue weighted by Crippen LogP contribution is -2.16. The molecule has 12 heavy (non-hydrogen) atoms. The molecular weight excluding hydrogens is 156 g/mol. The molecule has 0 spiro atoms. The third-order valence-electron chi connectivity index (χ3n) is 2.48. The van der Waals surface area contributed by atoms with Crippen LogP contribution in [0, 0.1) is 11.8 Å². The number of methoxy groups -OCH3 is 1. The summed E-state index contributed by atoms with van der Waals surface area (Å²) in [5.41, 5.74) is 0. The van der Waals surface area contributed by atoms with Crippen molar-refractivity contribution in [2.45, 2.75) is 26.2 Å². The van der Waals surface area contributed by atoms with E-state index < -0.39 is 0 Å². The van der Waals surface area contributed by atoms with Gasteiger partial charge in [0.05, 0.1) is 13.5 Å². The lowest BCUT2D eigenvalue weighted by Gasteiger charge is -2.05. The van der Waals surface area contributed by atoms with Gasteiger partial charge >= 0.3 is 5.97 Å². The first-order valence-corrected chi connectivity index (χ1v) is 4.25. The summed E-state index contributed by atoms with van der Waals surface area (Å²) in [5.74, 6) is 0.00922. The Morgan fingerprint density at radius 3 is 2.67 bits per heavy atom. The highest BCUT2D eigenvalue weighted by Crippen LogP contribution is 2.29. The van der Waals surface area contributed by atoms with E-state index in [0.29, 0.717) is 0 Å². The van der Waals surface area contributed by atoms with E-state index in [1.54, 1.807) is 0 Å². The van der Waals surface area contributed by atoms with Crippen molar-refractivity contribution < 1.29 is 14.3 Å². The van der Waals surface area contributed by atoms with Gasteiger partial charge in [-0.1, -0.05) is 6.92 Å². The molecule has 1 saturated carbocycles. The lowest BCUT2D eigenvalue weighted by atomic mass is 10.0. The van der Waals surface area contributed by atoms with Gasteiger partial charge in [0.1, 0.15) is 5.78 Å². The molecular formula is C9H14O3. The van der Waals surface area contributed by atoms with Crippen molar-refractivity contribution >= 4 is 11.8 Å². The van der Waals surface area contributed by atoms with Gasteiger partial charge < -0.3 is 4.74 Å². The molecule has 0 aromatic rings. The Morgan fingerprint density at radius 2 is 2.25 bits per heavy atom. The molecule has 2 unspecified atom stereocenters. The topological polar surface area (TPSA) is 43.4 Å². The van der Waals surface area contributed by atoms with E-state index in [2.05, 4.69) is 4.74 Å². The number of hydrogen-bond donors (Lipinski definition) is 0. The van der Waals surface area contributed by atoms with E-state index in [4.69, 9.17) is 0 Å². The fourth-order valence-corrected chi connectivity index (χ4v) is 1.63. The Balaban J connectivity index is 2.44. The zero-order valence-corrected chi connectivity index (χ0v) is 7.50.